The van der Waals surface area contributed by atoms with Gasteiger partial charge in [-0.3, -0.25) is 0 Å². The molecule has 1 aliphatic rings. The molecule has 1 saturated heterocycles. The van der Waals surface area contributed by atoms with Crippen LogP contribution in [0.4, 0.5) is 20.7 Å². The van der Waals surface area contributed by atoms with Crippen molar-refractivity contribution in [1.29, 1.82) is 0 Å². The zero-order valence-corrected chi connectivity index (χ0v) is 13.9. The lowest BCUT2D eigenvalue weighted by atomic mass is 10.3. The largest absolute Gasteiger partial charge is 0.351 e. The number of hydrogen-bond donors (Lipinski definition) is 1. The highest BCUT2D eigenvalue weighted by Gasteiger charge is 2.24. The molecule has 24 heavy (non-hydrogen) atoms. The number of anilines is 2. The second-order valence-electron chi connectivity index (χ2n) is 5.48. The van der Waals surface area contributed by atoms with E-state index in [1.807, 2.05) is 4.90 Å². The fraction of sp³-hybridized carbons (Fsp3) is 0.312. The Morgan fingerprint density at radius 1 is 1.21 bits per heavy atom. The number of carbonyl (C=O) groups excluding carboxylic acids is 1. The van der Waals surface area contributed by atoms with Crippen LogP contribution in [0.5, 0.6) is 0 Å². The number of benzene rings is 1. The number of aryl methyl sites for hydroxylation is 1. The summed E-state index contributed by atoms with van der Waals surface area (Å²) in [5.74, 6) is -0.125. The highest BCUT2D eigenvalue weighted by Crippen LogP contribution is 2.22. The Kier molecular flexibility index (Phi) is 4.80. The monoisotopic (exact) mass is 349 g/mol. The Morgan fingerprint density at radius 3 is 2.62 bits per heavy atom. The third kappa shape index (κ3) is 3.41. The average molecular weight is 350 g/mol. The van der Waals surface area contributed by atoms with E-state index in [2.05, 4.69) is 15.3 Å². The molecule has 126 valence electrons. The minimum Gasteiger partial charge on any atom is -0.351 e. The summed E-state index contributed by atoms with van der Waals surface area (Å²) in [6.07, 6.45) is 1.35. The fourth-order valence-corrected chi connectivity index (χ4v) is 2.73. The SMILES string of the molecule is Cc1ncnc(N2CCN(C(=O)Nc3ccccc3Cl)CC2)c1F. The molecule has 0 radical (unpaired) electrons. The molecule has 1 aliphatic heterocycles. The van der Waals surface area contributed by atoms with Gasteiger partial charge >= 0.3 is 6.03 Å². The van der Waals surface area contributed by atoms with Crippen LogP contribution in [0.1, 0.15) is 5.69 Å². The van der Waals surface area contributed by atoms with Crippen molar-refractivity contribution in [3.05, 3.63) is 47.1 Å². The molecule has 0 atom stereocenters. The maximum atomic E-state index is 14.1. The number of nitrogens with zero attached hydrogens (tertiary/aromatic N) is 4. The van der Waals surface area contributed by atoms with E-state index in [0.29, 0.717) is 42.6 Å². The first-order valence-corrected chi connectivity index (χ1v) is 7.96. The van der Waals surface area contributed by atoms with Crippen LogP contribution in [0.2, 0.25) is 5.02 Å². The third-order valence-electron chi connectivity index (χ3n) is 3.93. The number of urea groups is 1. The molecule has 0 spiro atoms. The molecule has 1 aromatic carbocycles. The average Bonchev–Trinajstić information content (AvgIpc) is 2.59. The second kappa shape index (κ2) is 7.00. The first-order valence-electron chi connectivity index (χ1n) is 7.59. The van der Waals surface area contributed by atoms with Gasteiger partial charge in [0, 0.05) is 26.2 Å². The van der Waals surface area contributed by atoms with Crippen LogP contribution < -0.4 is 10.2 Å². The van der Waals surface area contributed by atoms with Gasteiger partial charge in [0.05, 0.1) is 16.4 Å². The normalized spacial score (nSPS) is 14.6. The molecule has 1 fully saturated rings. The summed E-state index contributed by atoms with van der Waals surface area (Å²) in [5.41, 5.74) is 0.892. The fourth-order valence-electron chi connectivity index (χ4n) is 2.54. The Hall–Kier alpha value is -2.41. The van der Waals surface area contributed by atoms with E-state index in [0.717, 1.165) is 0 Å². The molecule has 1 N–H and O–H groups in total. The van der Waals surface area contributed by atoms with Gasteiger partial charge in [-0.2, -0.15) is 0 Å². The third-order valence-corrected chi connectivity index (χ3v) is 4.26. The van der Waals surface area contributed by atoms with Crippen molar-refractivity contribution in [2.45, 2.75) is 6.92 Å². The van der Waals surface area contributed by atoms with Gasteiger partial charge < -0.3 is 15.1 Å². The van der Waals surface area contributed by atoms with E-state index in [1.54, 1.807) is 36.1 Å². The number of nitrogens with one attached hydrogen (secondary N) is 1. The van der Waals surface area contributed by atoms with E-state index >= 15 is 0 Å². The lowest BCUT2D eigenvalue weighted by molar-refractivity contribution is 0.208. The smallest absolute Gasteiger partial charge is 0.322 e. The Balaban J connectivity index is 1.62. The number of hydrogen-bond acceptors (Lipinski definition) is 4. The Morgan fingerprint density at radius 2 is 1.92 bits per heavy atom. The summed E-state index contributed by atoms with van der Waals surface area (Å²) in [4.78, 5) is 23.7. The first kappa shape index (κ1) is 16.4. The molecule has 0 aliphatic carbocycles. The van der Waals surface area contributed by atoms with E-state index in [9.17, 15) is 9.18 Å². The van der Waals surface area contributed by atoms with Crippen molar-refractivity contribution in [1.82, 2.24) is 14.9 Å². The zero-order valence-electron chi connectivity index (χ0n) is 13.2. The lowest BCUT2D eigenvalue weighted by Crippen LogP contribution is -2.50. The summed E-state index contributed by atoms with van der Waals surface area (Å²) in [5, 5.41) is 3.28. The molecule has 1 aromatic heterocycles. The van der Waals surface area contributed by atoms with Gasteiger partial charge in [-0.05, 0) is 19.1 Å². The summed E-state index contributed by atoms with van der Waals surface area (Å²) in [6.45, 7) is 3.55. The minimum absolute atomic E-state index is 0.220. The molecule has 6 nitrogen and oxygen atoms in total. The van der Waals surface area contributed by atoms with Crippen molar-refractivity contribution in [2.24, 2.45) is 0 Å². The lowest BCUT2D eigenvalue weighted by Gasteiger charge is -2.35. The summed E-state index contributed by atoms with van der Waals surface area (Å²) >= 11 is 6.05. The molecule has 8 heteroatoms. The van der Waals surface area contributed by atoms with E-state index in [1.165, 1.54) is 6.33 Å². The number of halogens is 2. The van der Waals surface area contributed by atoms with Gasteiger partial charge in [0.25, 0.3) is 0 Å². The van der Waals surface area contributed by atoms with E-state index in [-0.39, 0.29) is 11.8 Å². The summed E-state index contributed by atoms with van der Waals surface area (Å²) < 4.78 is 14.1. The molecule has 2 amide bonds. The topological polar surface area (TPSA) is 61.4 Å². The number of amides is 2. The first-order chi connectivity index (χ1) is 11.6. The van der Waals surface area contributed by atoms with Crippen LogP contribution in [-0.4, -0.2) is 47.1 Å². The summed E-state index contributed by atoms with van der Waals surface area (Å²) in [6, 6.07) is 6.85. The number of aromatic nitrogens is 2. The van der Waals surface area contributed by atoms with Crippen LogP contribution in [0, 0.1) is 12.7 Å². The molecular formula is C16H17ClFN5O. The highest BCUT2D eigenvalue weighted by molar-refractivity contribution is 6.33. The van der Waals surface area contributed by atoms with Crippen molar-refractivity contribution in [2.75, 3.05) is 36.4 Å². The molecule has 0 saturated carbocycles. The Labute approximate surface area is 144 Å². The predicted octanol–water partition coefficient (Wildman–Crippen LogP) is 2.93. The Bertz CT molecular complexity index is 749. The predicted molar refractivity (Wildman–Crippen MR) is 91.0 cm³/mol. The number of rotatable bonds is 2. The van der Waals surface area contributed by atoms with Gasteiger partial charge in [0.2, 0.25) is 0 Å². The molecule has 0 unspecified atom stereocenters. The van der Waals surface area contributed by atoms with E-state index < -0.39 is 5.82 Å². The van der Waals surface area contributed by atoms with Gasteiger partial charge in [-0.15, -0.1) is 0 Å². The zero-order chi connectivity index (χ0) is 17.1. The molecule has 3 rings (SSSR count). The van der Waals surface area contributed by atoms with Gasteiger partial charge in [-0.1, -0.05) is 23.7 Å². The number of carbonyl (C=O) groups is 1. The molecule has 2 heterocycles. The molecular weight excluding hydrogens is 333 g/mol. The van der Waals surface area contributed by atoms with Crippen LogP contribution in [0.3, 0.4) is 0 Å². The van der Waals surface area contributed by atoms with Gasteiger partial charge in [-0.25, -0.2) is 19.2 Å². The van der Waals surface area contributed by atoms with Crippen LogP contribution in [0.25, 0.3) is 0 Å². The second-order valence-corrected chi connectivity index (χ2v) is 5.89. The van der Waals surface area contributed by atoms with E-state index in [4.69, 9.17) is 11.6 Å². The van der Waals surface area contributed by atoms with Crippen molar-refractivity contribution < 1.29 is 9.18 Å². The number of piperazine rings is 1. The highest BCUT2D eigenvalue weighted by atomic mass is 35.5. The standard InChI is InChI=1S/C16H17ClFN5O/c1-11-14(18)15(20-10-19-11)22-6-8-23(9-7-22)16(24)21-13-5-3-2-4-12(13)17/h2-5,10H,6-9H2,1H3,(H,21,24). The maximum Gasteiger partial charge on any atom is 0.322 e. The quantitative estimate of drug-likeness (QED) is 0.905. The van der Waals surface area contributed by atoms with Gasteiger partial charge in [0.1, 0.15) is 6.33 Å². The van der Waals surface area contributed by atoms with Crippen LogP contribution in [0.15, 0.2) is 30.6 Å². The number of para-hydroxylation sites is 1. The van der Waals surface area contributed by atoms with Gasteiger partial charge in [0.15, 0.2) is 11.6 Å². The van der Waals surface area contributed by atoms with Crippen molar-refractivity contribution in [3.63, 3.8) is 0 Å². The maximum absolute atomic E-state index is 14.1. The van der Waals surface area contributed by atoms with Crippen molar-refractivity contribution in [3.8, 4) is 0 Å². The minimum atomic E-state index is -0.411. The molecule has 0 bridgehead atoms. The van der Waals surface area contributed by atoms with Crippen LogP contribution in [-0.2, 0) is 0 Å². The summed E-state index contributed by atoms with van der Waals surface area (Å²) in [7, 11) is 0. The van der Waals surface area contributed by atoms with Crippen molar-refractivity contribution >= 4 is 29.1 Å². The van der Waals surface area contributed by atoms with Crippen LogP contribution >= 0.6 is 11.6 Å². The molecule has 2 aromatic rings.